The molecular weight excluding hydrogens is 314 g/mol. The molecule has 0 saturated heterocycles. The fourth-order valence-electron chi connectivity index (χ4n) is 1.49. The van der Waals surface area contributed by atoms with Crippen LogP contribution < -0.4 is 11.1 Å². The first-order valence-corrected chi connectivity index (χ1v) is 6.04. The Labute approximate surface area is 117 Å². The second kappa shape index (κ2) is 5.57. The molecular formula is C12H10BrN3O3. The number of rotatable bonds is 3. The van der Waals surface area contributed by atoms with Gasteiger partial charge in [0.25, 0.3) is 5.91 Å². The number of nitrogens with zero attached hydrogens (tertiary/aromatic N) is 1. The van der Waals surface area contributed by atoms with E-state index in [1.165, 1.54) is 6.07 Å². The summed E-state index contributed by atoms with van der Waals surface area (Å²) in [4.78, 5) is 11.9. The maximum atomic E-state index is 11.9. The van der Waals surface area contributed by atoms with Crippen molar-refractivity contribution in [1.29, 1.82) is 0 Å². The average Bonchev–Trinajstić information content (AvgIpc) is 2.85. The van der Waals surface area contributed by atoms with E-state index in [1.807, 2.05) is 0 Å². The van der Waals surface area contributed by atoms with E-state index in [4.69, 9.17) is 15.4 Å². The molecule has 1 heterocycles. The summed E-state index contributed by atoms with van der Waals surface area (Å²) in [6.45, 7) is 0. The monoisotopic (exact) mass is 323 g/mol. The first kappa shape index (κ1) is 13.2. The van der Waals surface area contributed by atoms with Gasteiger partial charge < -0.3 is 20.7 Å². The summed E-state index contributed by atoms with van der Waals surface area (Å²) >= 11 is 3.12. The molecule has 98 valence electrons. The molecule has 0 fully saturated rings. The van der Waals surface area contributed by atoms with Crippen LogP contribution in [0.25, 0.3) is 0 Å². The Balaban J connectivity index is 2.27. The van der Waals surface area contributed by atoms with Crippen LogP contribution in [0.4, 0.5) is 5.69 Å². The molecule has 0 bridgehead atoms. The van der Waals surface area contributed by atoms with Crippen molar-refractivity contribution < 1.29 is 14.4 Å². The molecule has 1 amide bonds. The van der Waals surface area contributed by atoms with Crippen molar-refractivity contribution >= 4 is 33.4 Å². The second-order valence-electron chi connectivity index (χ2n) is 3.59. The molecule has 0 atom stereocenters. The van der Waals surface area contributed by atoms with Crippen molar-refractivity contribution in [3.63, 3.8) is 0 Å². The van der Waals surface area contributed by atoms with E-state index in [0.29, 0.717) is 15.9 Å². The molecule has 2 aromatic rings. The number of halogens is 1. The zero-order valence-electron chi connectivity index (χ0n) is 9.63. The van der Waals surface area contributed by atoms with Crippen molar-refractivity contribution in [3.05, 3.63) is 52.4 Å². The van der Waals surface area contributed by atoms with Gasteiger partial charge in [0.15, 0.2) is 16.3 Å². The molecule has 1 aromatic heterocycles. The van der Waals surface area contributed by atoms with E-state index in [2.05, 4.69) is 26.4 Å². The van der Waals surface area contributed by atoms with Gasteiger partial charge in [-0.25, -0.2) is 0 Å². The number of hydrogen-bond donors (Lipinski definition) is 3. The van der Waals surface area contributed by atoms with Gasteiger partial charge >= 0.3 is 0 Å². The van der Waals surface area contributed by atoms with Crippen LogP contribution in [-0.4, -0.2) is 17.0 Å². The lowest BCUT2D eigenvalue weighted by Gasteiger charge is -2.08. The van der Waals surface area contributed by atoms with Gasteiger partial charge in [0.2, 0.25) is 0 Å². The summed E-state index contributed by atoms with van der Waals surface area (Å²) in [5.41, 5.74) is 6.38. The molecule has 0 aliphatic rings. The summed E-state index contributed by atoms with van der Waals surface area (Å²) in [5.74, 6) is -0.360. The third-order valence-corrected chi connectivity index (χ3v) is 2.78. The topological polar surface area (TPSA) is 101 Å². The van der Waals surface area contributed by atoms with Gasteiger partial charge in [0.1, 0.15) is 0 Å². The van der Waals surface area contributed by atoms with E-state index in [9.17, 15) is 4.79 Å². The van der Waals surface area contributed by atoms with E-state index in [-0.39, 0.29) is 11.6 Å². The molecule has 0 spiro atoms. The van der Waals surface area contributed by atoms with Crippen LogP contribution >= 0.6 is 15.9 Å². The van der Waals surface area contributed by atoms with Crippen molar-refractivity contribution in [3.8, 4) is 0 Å². The van der Waals surface area contributed by atoms with E-state index in [0.717, 1.165) is 0 Å². The molecule has 0 unspecified atom stereocenters. The van der Waals surface area contributed by atoms with Gasteiger partial charge in [-0.05, 0) is 40.2 Å². The first-order chi connectivity index (χ1) is 9.11. The minimum absolute atomic E-state index is 0.0866. The number of carbonyl (C=O) groups is 1. The lowest BCUT2D eigenvalue weighted by Crippen LogP contribution is -2.18. The Hall–Kier alpha value is -2.28. The lowest BCUT2D eigenvalue weighted by molar-refractivity contribution is 0.0995. The molecule has 0 saturated carbocycles. The number of amides is 1. The van der Waals surface area contributed by atoms with Gasteiger partial charge in [-0.2, -0.15) is 0 Å². The van der Waals surface area contributed by atoms with Gasteiger partial charge in [0, 0.05) is 5.56 Å². The standard InChI is InChI=1S/C12H10BrN3O3/c13-10-6-5-9(19-10)12(17)15-8-4-2-1-3-7(8)11(14)16-18/h1-6,18H,(H2,14,16)(H,15,17). The number of furan rings is 1. The summed E-state index contributed by atoms with van der Waals surface area (Å²) in [7, 11) is 0. The smallest absolute Gasteiger partial charge is 0.291 e. The Kier molecular flexibility index (Phi) is 3.86. The summed E-state index contributed by atoms with van der Waals surface area (Å²) in [6.07, 6.45) is 0. The number of para-hydroxylation sites is 1. The predicted molar refractivity (Wildman–Crippen MR) is 73.3 cm³/mol. The number of benzene rings is 1. The zero-order chi connectivity index (χ0) is 13.8. The van der Waals surface area contributed by atoms with Gasteiger partial charge in [0.05, 0.1) is 5.69 Å². The van der Waals surface area contributed by atoms with Gasteiger partial charge in [-0.1, -0.05) is 17.3 Å². The normalized spacial score (nSPS) is 11.3. The third-order valence-electron chi connectivity index (χ3n) is 2.36. The summed E-state index contributed by atoms with van der Waals surface area (Å²) < 4.78 is 5.60. The first-order valence-electron chi connectivity index (χ1n) is 5.25. The van der Waals surface area contributed by atoms with E-state index < -0.39 is 5.91 Å². The van der Waals surface area contributed by atoms with Crippen LogP contribution in [0, 0.1) is 0 Å². The second-order valence-corrected chi connectivity index (χ2v) is 4.37. The van der Waals surface area contributed by atoms with Crippen LogP contribution in [0.3, 0.4) is 0 Å². The summed E-state index contributed by atoms with van der Waals surface area (Å²) in [6, 6.07) is 9.86. The number of amidine groups is 1. The summed E-state index contributed by atoms with van der Waals surface area (Å²) in [5, 5.41) is 14.2. The number of anilines is 1. The Morgan fingerprint density at radius 3 is 2.68 bits per heavy atom. The minimum atomic E-state index is -0.427. The molecule has 0 aliphatic carbocycles. The Morgan fingerprint density at radius 2 is 2.05 bits per heavy atom. The van der Waals surface area contributed by atoms with Crippen LogP contribution in [0.5, 0.6) is 0 Å². The van der Waals surface area contributed by atoms with Crippen molar-refractivity contribution in [1.82, 2.24) is 0 Å². The zero-order valence-corrected chi connectivity index (χ0v) is 11.2. The molecule has 19 heavy (non-hydrogen) atoms. The molecule has 2 rings (SSSR count). The van der Waals surface area contributed by atoms with Gasteiger partial charge in [-0.15, -0.1) is 0 Å². The minimum Gasteiger partial charge on any atom is -0.444 e. The van der Waals surface area contributed by atoms with Crippen LogP contribution in [0.2, 0.25) is 0 Å². The van der Waals surface area contributed by atoms with Crippen molar-refractivity contribution in [2.24, 2.45) is 10.9 Å². The number of hydrogen-bond acceptors (Lipinski definition) is 4. The fourth-order valence-corrected chi connectivity index (χ4v) is 1.80. The quantitative estimate of drug-likeness (QED) is 0.349. The molecule has 6 nitrogen and oxygen atoms in total. The van der Waals surface area contributed by atoms with E-state index in [1.54, 1.807) is 30.3 Å². The highest BCUT2D eigenvalue weighted by atomic mass is 79.9. The number of nitrogens with one attached hydrogen (secondary N) is 1. The van der Waals surface area contributed by atoms with Crippen molar-refractivity contribution in [2.45, 2.75) is 0 Å². The molecule has 0 radical (unpaired) electrons. The SMILES string of the molecule is N/C(=N/O)c1ccccc1NC(=O)c1ccc(Br)o1. The Bertz CT molecular complexity index is 637. The fraction of sp³-hybridized carbons (Fsp3) is 0. The van der Waals surface area contributed by atoms with Gasteiger partial charge in [-0.3, -0.25) is 4.79 Å². The highest BCUT2D eigenvalue weighted by molar-refractivity contribution is 9.10. The maximum Gasteiger partial charge on any atom is 0.291 e. The third kappa shape index (κ3) is 2.94. The number of nitrogens with two attached hydrogens (primary N) is 1. The highest BCUT2D eigenvalue weighted by Crippen LogP contribution is 2.18. The molecule has 1 aromatic carbocycles. The largest absolute Gasteiger partial charge is 0.444 e. The average molecular weight is 324 g/mol. The molecule has 0 aliphatic heterocycles. The maximum absolute atomic E-state index is 11.9. The van der Waals surface area contributed by atoms with Crippen LogP contribution in [0.1, 0.15) is 16.1 Å². The highest BCUT2D eigenvalue weighted by Gasteiger charge is 2.13. The predicted octanol–water partition coefficient (Wildman–Crippen LogP) is 2.39. The number of oxime groups is 1. The lowest BCUT2D eigenvalue weighted by atomic mass is 10.1. The number of carbonyl (C=O) groups excluding carboxylic acids is 1. The molecule has 4 N–H and O–H groups in total. The van der Waals surface area contributed by atoms with E-state index >= 15 is 0 Å². The molecule has 7 heteroatoms. The Morgan fingerprint density at radius 1 is 1.32 bits per heavy atom. The van der Waals surface area contributed by atoms with Crippen LogP contribution in [0.15, 0.2) is 50.6 Å². The van der Waals surface area contributed by atoms with Crippen LogP contribution in [-0.2, 0) is 0 Å². The van der Waals surface area contributed by atoms with Crippen molar-refractivity contribution in [2.75, 3.05) is 5.32 Å².